The highest BCUT2D eigenvalue weighted by molar-refractivity contribution is 5.18. The van der Waals surface area contributed by atoms with E-state index in [1.54, 1.807) is 0 Å². The zero-order valence-electron chi connectivity index (χ0n) is 16.4. The molecular formula is C23H37N. The van der Waals surface area contributed by atoms with Crippen LogP contribution in [0.4, 0.5) is 0 Å². The Morgan fingerprint density at radius 3 is 2.42 bits per heavy atom. The van der Waals surface area contributed by atoms with Gasteiger partial charge in [0.2, 0.25) is 0 Å². The average Bonchev–Trinajstić information content (AvgIpc) is 2.86. The Morgan fingerprint density at radius 1 is 0.958 bits per heavy atom. The van der Waals surface area contributed by atoms with Crippen LogP contribution in [0.2, 0.25) is 0 Å². The lowest BCUT2D eigenvalue weighted by Gasteiger charge is -2.65. The lowest BCUT2D eigenvalue weighted by molar-refractivity contribution is -0.163. The summed E-state index contributed by atoms with van der Waals surface area (Å²) in [7, 11) is 0. The van der Waals surface area contributed by atoms with Crippen LogP contribution in [0.1, 0.15) is 91.9 Å². The normalized spacial score (nSPS) is 56.7. The Bertz CT molecular complexity index is 547. The minimum atomic E-state index is 0.293. The second kappa shape index (κ2) is 5.49. The number of hydrogen-bond donors (Lipinski definition) is 0. The average molecular weight is 328 g/mol. The second-order valence-electron chi connectivity index (χ2n) is 10.6. The van der Waals surface area contributed by atoms with Crippen molar-refractivity contribution in [3.05, 3.63) is 0 Å². The molecule has 0 bridgehead atoms. The summed E-state index contributed by atoms with van der Waals surface area (Å²) >= 11 is 0. The molecule has 4 aliphatic carbocycles. The van der Waals surface area contributed by atoms with Gasteiger partial charge in [0.05, 0.1) is 12.0 Å². The van der Waals surface area contributed by atoms with E-state index in [0.29, 0.717) is 22.2 Å². The molecule has 24 heavy (non-hydrogen) atoms. The van der Waals surface area contributed by atoms with E-state index < -0.39 is 0 Å². The van der Waals surface area contributed by atoms with E-state index in [1.165, 1.54) is 64.2 Å². The fourth-order valence-electron chi connectivity index (χ4n) is 8.89. The maximum Gasteiger partial charge on any atom is 0.0661 e. The fraction of sp³-hybridized carbons (Fsp3) is 0.957. The lowest BCUT2D eigenvalue weighted by atomic mass is 9.39. The molecule has 4 aliphatic rings. The molecule has 1 nitrogen and oxygen atoms in total. The Balaban J connectivity index is 1.73. The van der Waals surface area contributed by atoms with E-state index >= 15 is 0 Å². The number of nitriles is 1. The van der Waals surface area contributed by atoms with Crippen molar-refractivity contribution in [3.8, 4) is 6.07 Å². The summed E-state index contributed by atoms with van der Waals surface area (Å²) in [5, 5.41) is 9.80. The van der Waals surface area contributed by atoms with Crippen LogP contribution in [0, 0.1) is 57.2 Å². The Hall–Kier alpha value is -0.510. The maximum absolute atomic E-state index is 9.80. The molecule has 8 atom stereocenters. The van der Waals surface area contributed by atoms with Crippen LogP contribution in [-0.4, -0.2) is 0 Å². The molecule has 4 saturated carbocycles. The van der Waals surface area contributed by atoms with Crippen molar-refractivity contribution in [2.45, 2.75) is 91.9 Å². The highest BCUT2D eigenvalue weighted by atomic mass is 14.7. The van der Waals surface area contributed by atoms with Gasteiger partial charge in [-0.3, -0.25) is 0 Å². The van der Waals surface area contributed by atoms with Crippen molar-refractivity contribution in [2.24, 2.45) is 45.8 Å². The van der Waals surface area contributed by atoms with Crippen LogP contribution in [-0.2, 0) is 0 Å². The van der Waals surface area contributed by atoms with Gasteiger partial charge in [0, 0.05) is 0 Å². The van der Waals surface area contributed by atoms with Crippen LogP contribution in [0.15, 0.2) is 0 Å². The quantitative estimate of drug-likeness (QED) is 0.533. The van der Waals surface area contributed by atoms with Gasteiger partial charge >= 0.3 is 0 Å². The first-order valence-corrected chi connectivity index (χ1v) is 10.8. The Labute approximate surface area is 149 Å². The second-order valence-corrected chi connectivity index (χ2v) is 10.6. The molecule has 4 rings (SSSR count). The molecule has 0 spiro atoms. The van der Waals surface area contributed by atoms with Crippen molar-refractivity contribution < 1.29 is 0 Å². The molecule has 8 unspecified atom stereocenters. The van der Waals surface area contributed by atoms with E-state index in [2.05, 4.69) is 33.8 Å². The molecule has 0 amide bonds. The van der Waals surface area contributed by atoms with Crippen LogP contribution in [0.25, 0.3) is 0 Å². The van der Waals surface area contributed by atoms with Gasteiger partial charge in [0.1, 0.15) is 0 Å². The zero-order valence-corrected chi connectivity index (χ0v) is 16.4. The predicted molar refractivity (Wildman–Crippen MR) is 99.2 cm³/mol. The van der Waals surface area contributed by atoms with Gasteiger partial charge in [-0.05, 0) is 97.7 Å². The van der Waals surface area contributed by atoms with Gasteiger partial charge in [0.25, 0.3) is 0 Å². The Morgan fingerprint density at radius 2 is 1.71 bits per heavy atom. The predicted octanol–water partition coefficient (Wildman–Crippen LogP) is 6.59. The molecule has 134 valence electrons. The Kier molecular flexibility index (Phi) is 3.87. The van der Waals surface area contributed by atoms with Gasteiger partial charge in [0.15, 0.2) is 0 Å². The summed E-state index contributed by atoms with van der Waals surface area (Å²) < 4.78 is 0. The largest absolute Gasteiger partial charge is 0.198 e. The van der Waals surface area contributed by atoms with E-state index in [1.807, 2.05) is 0 Å². The molecule has 0 aromatic heterocycles. The van der Waals surface area contributed by atoms with E-state index in [9.17, 15) is 5.26 Å². The van der Waals surface area contributed by atoms with Crippen LogP contribution >= 0.6 is 0 Å². The van der Waals surface area contributed by atoms with Crippen molar-refractivity contribution >= 4 is 0 Å². The van der Waals surface area contributed by atoms with E-state index in [4.69, 9.17) is 0 Å². The molecule has 1 heteroatoms. The van der Waals surface area contributed by atoms with E-state index in [-0.39, 0.29) is 0 Å². The smallest absolute Gasteiger partial charge is 0.0661 e. The molecule has 0 aromatic rings. The maximum atomic E-state index is 9.80. The number of hydrogen-bond acceptors (Lipinski definition) is 1. The van der Waals surface area contributed by atoms with Crippen molar-refractivity contribution in [2.75, 3.05) is 0 Å². The first-order chi connectivity index (χ1) is 11.4. The summed E-state index contributed by atoms with van der Waals surface area (Å²) in [6.45, 7) is 10.1. The highest BCUT2D eigenvalue weighted by Gasteiger charge is 2.66. The summed E-state index contributed by atoms with van der Waals surface area (Å²) in [6, 6.07) is 2.73. The third-order valence-electron chi connectivity index (χ3n) is 10.1. The van der Waals surface area contributed by atoms with Crippen molar-refractivity contribution in [3.63, 3.8) is 0 Å². The molecule has 0 radical (unpaired) electrons. The van der Waals surface area contributed by atoms with Crippen molar-refractivity contribution in [1.82, 2.24) is 0 Å². The molecule has 0 heterocycles. The molecule has 0 aromatic carbocycles. The minimum absolute atomic E-state index is 0.293. The first kappa shape index (κ1) is 16.9. The van der Waals surface area contributed by atoms with Crippen LogP contribution in [0.3, 0.4) is 0 Å². The standard InChI is InChI=1S/C23H37N/c1-5-23-13-10-18(15-24)22(23,4)12-11-19-20(23)9-8-17-7-6-16(2)14-21(17,19)3/h16-20H,5-14H2,1-4H3. The fourth-order valence-corrected chi connectivity index (χ4v) is 8.89. The third-order valence-corrected chi connectivity index (χ3v) is 10.1. The van der Waals surface area contributed by atoms with Gasteiger partial charge < -0.3 is 0 Å². The van der Waals surface area contributed by atoms with Gasteiger partial charge in [-0.2, -0.15) is 5.26 Å². The molecular weight excluding hydrogens is 290 g/mol. The topological polar surface area (TPSA) is 23.8 Å². The highest BCUT2D eigenvalue weighted by Crippen LogP contribution is 2.73. The summed E-state index contributed by atoms with van der Waals surface area (Å²) in [4.78, 5) is 0. The monoisotopic (exact) mass is 327 g/mol. The minimum Gasteiger partial charge on any atom is -0.198 e. The first-order valence-electron chi connectivity index (χ1n) is 10.8. The lowest BCUT2D eigenvalue weighted by Crippen LogP contribution is -2.58. The molecule has 4 fully saturated rings. The number of rotatable bonds is 1. The third kappa shape index (κ3) is 1.92. The van der Waals surface area contributed by atoms with Crippen molar-refractivity contribution in [1.29, 1.82) is 5.26 Å². The molecule has 0 aliphatic heterocycles. The summed E-state index contributed by atoms with van der Waals surface area (Å²) in [6.07, 6.45) is 13.9. The molecule has 0 saturated heterocycles. The van der Waals surface area contributed by atoms with Gasteiger partial charge in [-0.15, -0.1) is 0 Å². The number of nitrogens with zero attached hydrogens (tertiary/aromatic N) is 1. The van der Waals surface area contributed by atoms with Gasteiger partial charge in [-0.1, -0.05) is 34.1 Å². The van der Waals surface area contributed by atoms with Crippen LogP contribution in [0.5, 0.6) is 0 Å². The van der Waals surface area contributed by atoms with Crippen LogP contribution < -0.4 is 0 Å². The zero-order chi connectivity index (χ0) is 17.2. The van der Waals surface area contributed by atoms with Gasteiger partial charge in [-0.25, -0.2) is 0 Å². The summed E-state index contributed by atoms with van der Waals surface area (Å²) in [5.74, 6) is 4.05. The molecule has 0 N–H and O–H groups in total. The van der Waals surface area contributed by atoms with E-state index in [0.717, 1.165) is 23.7 Å². The summed E-state index contributed by atoms with van der Waals surface area (Å²) in [5.41, 5.74) is 1.35. The number of fused-ring (bicyclic) bond motifs is 5. The SMILES string of the molecule is CCC12CCC(C#N)C1(C)CCC1C2CCC2CCC(C)CC21C.